The van der Waals surface area contributed by atoms with E-state index >= 15 is 0 Å². The third-order valence-corrected chi connectivity index (χ3v) is 3.73. The van der Waals surface area contributed by atoms with E-state index in [1.54, 1.807) is 0 Å². The number of halogens is 1. The van der Waals surface area contributed by atoms with Gasteiger partial charge in [0.05, 0.1) is 7.11 Å². The van der Waals surface area contributed by atoms with E-state index in [0.717, 1.165) is 5.56 Å². The van der Waals surface area contributed by atoms with Crippen molar-refractivity contribution in [3.63, 3.8) is 0 Å². The fourth-order valence-corrected chi connectivity index (χ4v) is 2.26. The monoisotopic (exact) mass is 292 g/mol. The third kappa shape index (κ3) is 2.29. The number of rotatable bonds is 4. The van der Waals surface area contributed by atoms with Gasteiger partial charge in [0.1, 0.15) is 5.41 Å². The maximum Gasteiger partial charge on any atom is 0.321 e. The second-order valence-corrected chi connectivity index (χ2v) is 5.33. The minimum Gasteiger partial charge on any atom is -0.468 e. The highest BCUT2D eigenvalue weighted by Gasteiger charge is 2.57. The number of esters is 1. The molecule has 0 N–H and O–H groups in total. The molecule has 6 heteroatoms. The van der Waals surface area contributed by atoms with Crippen molar-refractivity contribution in [1.29, 1.82) is 0 Å². The van der Waals surface area contributed by atoms with E-state index in [-0.39, 0.29) is 5.97 Å². The molecule has 0 bridgehead atoms. The number of nitrogens with zero attached hydrogens (tertiary/aromatic N) is 2. The molecule has 0 saturated heterocycles. The van der Waals surface area contributed by atoms with Gasteiger partial charge in [-0.1, -0.05) is 28.9 Å². The van der Waals surface area contributed by atoms with Gasteiger partial charge in [-0.3, -0.25) is 4.79 Å². The van der Waals surface area contributed by atoms with E-state index in [1.165, 1.54) is 7.11 Å². The van der Waals surface area contributed by atoms with Crippen LogP contribution in [0.3, 0.4) is 0 Å². The minimum absolute atomic E-state index is 0.306. The van der Waals surface area contributed by atoms with Crippen LogP contribution in [0.1, 0.15) is 30.1 Å². The molecule has 1 saturated carbocycles. The smallest absolute Gasteiger partial charge is 0.321 e. The van der Waals surface area contributed by atoms with Gasteiger partial charge in [0.25, 0.3) is 0 Å². The van der Waals surface area contributed by atoms with Crippen LogP contribution in [0.15, 0.2) is 28.8 Å². The number of benzene rings is 1. The van der Waals surface area contributed by atoms with Crippen molar-refractivity contribution < 1.29 is 14.1 Å². The number of hydrogen-bond donors (Lipinski definition) is 0. The van der Waals surface area contributed by atoms with Crippen LogP contribution in [0, 0.1) is 0 Å². The van der Waals surface area contributed by atoms with E-state index in [1.807, 2.05) is 24.3 Å². The molecule has 5 nitrogen and oxygen atoms in total. The molecule has 1 aromatic carbocycles. The summed E-state index contributed by atoms with van der Waals surface area (Å²) in [4.78, 5) is 16.1. The van der Waals surface area contributed by atoms with Gasteiger partial charge in [0.15, 0.2) is 5.82 Å². The first kappa shape index (κ1) is 13.1. The zero-order valence-electron chi connectivity index (χ0n) is 10.9. The summed E-state index contributed by atoms with van der Waals surface area (Å²) >= 11 is 5.84. The topological polar surface area (TPSA) is 65.2 Å². The highest BCUT2D eigenvalue weighted by atomic mass is 35.5. The Bertz CT molecular complexity index is 632. The van der Waals surface area contributed by atoms with Gasteiger partial charge in [-0.25, -0.2) is 0 Å². The standard InChI is InChI=1S/C14H13ClN2O3/c1-19-13(18)14(6-7-14)12-16-11(17-20-12)8-9-2-4-10(15)5-3-9/h2-5H,6-8H2,1H3. The Balaban J connectivity index is 1.77. The molecule has 0 unspecified atom stereocenters. The van der Waals surface area contributed by atoms with E-state index in [2.05, 4.69) is 10.1 Å². The van der Waals surface area contributed by atoms with Crippen LogP contribution in [-0.4, -0.2) is 23.2 Å². The van der Waals surface area contributed by atoms with Gasteiger partial charge in [-0.2, -0.15) is 4.98 Å². The van der Waals surface area contributed by atoms with E-state index in [9.17, 15) is 4.79 Å². The molecule has 3 rings (SSSR count). The molecule has 104 valence electrons. The first-order chi connectivity index (χ1) is 9.64. The van der Waals surface area contributed by atoms with Gasteiger partial charge in [0.2, 0.25) is 5.89 Å². The zero-order chi connectivity index (χ0) is 14.2. The average molecular weight is 293 g/mol. The summed E-state index contributed by atoms with van der Waals surface area (Å²) in [6.45, 7) is 0. The maximum atomic E-state index is 11.7. The number of carbonyl (C=O) groups is 1. The fraction of sp³-hybridized carbons (Fsp3) is 0.357. The minimum atomic E-state index is -0.708. The summed E-state index contributed by atoms with van der Waals surface area (Å²) in [5.74, 6) is 0.602. The lowest BCUT2D eigenvalue weighted by Crippen LogP contribution is -2.22. The number of methoxy groups -OCH3 is 1. The van der Waals surface area contributed by atoms with Crippen molar-refractivity contribution in [2.45, 2.75) is 24.7 Å². The molecule has 1 aliphatic rings. The Morgan fingerprint density at radius 3 is 2.70 bits per heavy atom. The van der Waals surface area contributed by atoms with Crippen LogP contribution in [0.25, 0.3) is 0 Å². The molecule has 1 fully saturated rings. The number of ether oxygens (including phenoxy) is 1. The molecule has 1 aromatic heterocycles. The molecule has 0 spiro atoms. The normalized spacial score (nSPS) is 15.9. The Labute approximate surface area is 120 Å². The Hall–Kier alpha value is -1.88. The van der Waals surface area contributed by atoms with Gasteiger partial charge in [0, 0.05) is 11.4 Å². The Morgan fingerprint density at radius 1 is 1.40 bits per heavy atom. The summed E-state index contributed by atoms with van der Waals surface area (Å²) in [6.07, 6.45) is 1.93. The summed E-state index contributed by atoms with van der Waals surface area (Å²) < 4.78 is 10.0. The maximum absolute atomic E-state index is 11.7. The van der Waals surface area contributed by atoms with Gasteiger partial charge < -0.3 is 9.26 Å². The summed E-state index contributed by atoms with van der Waals surface area (Å²) in [7, 11) is 1.37. The molecule has 2 aromatic rings. The van der Waals surface area contributed by atoms with Gasteiger partial charge >= 0.3 is 5.97 Å². The van der Waals surface area contributed by atoms with E-state index in [0.29, 0.717) is 36.0 Å². The molecule has 1 aliphatic carbocycles. The van der Waals surface area contributed by atoms with Crippen molar-refractivity contribution in [2.75, 3.05) is 7.11 Å². The predicted octanol–water partition coefficient (Wildman–Crippen LogP) is 2.52. The van der Waals surface area contributed by atoms with Gasteiger partial charge in [-0.05, 0) is 30.5 Å². The van der Waals surface area contributed by atoms with Crippen molar-refractivity contribution in [2.24, 2.45) is 0 Å². The van der Waals surface area contributed by atoms with Crippen molar-refractivity contribution in [3.05, 3.63) is 46.6 Å². The predicted molar refractivity (Wildman–Crippen MR) is 71.5 cm³/mol. The van der Waals surface area contributed by atoms with Crippen LogP contribution < -0.4 is 0 Å². The van der Waals surface area contributed by atoms with Crippen LogP contribution in [0.2, 0.25) is 5.02 Å². The quantitative estimate of drug-likeness (QED) is 0.810. The molecule has 0 atom stereocenters. The molecular formula is C14H13ClN2O3. The SMILES string of the molecule is COC(=O)C1(c2nc(Cc3ccc(Cl)cc3)no2)CC1. The van der Waals surface area contributed by atoms with Crippen LogP contribution in [0.5, 0.6) is 0 Å². The lowest BCUT2D eigenvalue weighted by atomic mass is 10.1. The van der Waals surface area contributed by atoms with Gasteiger partial charge in [-0.15, -0.1) is 0 Å². The first-order valence-corrected chi connectivity index (χ1v) is 6.68. The molecule has 20 heavy (non-hydrogen) atoms. The molecule has 1 heterocycles. The van der Waals surface area contributed by atoms with Crippen LogP contribution in [-0.2, 0) is 21.4 Å². The number of carbonyl (C=O) groups excluding carboxylic acids is 1. The molecule has 0 aliphatic heterocycles. The Kier molecular flexibility index (Phi) is 3.22. The van der Waals surface area contributed by atoms with Crippen LogP contribution >= 0.6 is 11.6 Å². The second kappa shape index (κ2) is 4.90. The highest BCUT2D eigenvalue weighted by molar-refractivity contribution is 6.30. The fourth-order valence-electron chi connectivity index (χ4n) is 2.13. The molecular weight excluding hydrogens is 280 g/mol. The largest absolute Gasteiger partial charge is 0.468 e. The molecule has 0 radical (unpaired) electrons. The molecule has 0 amide bonds. The number of hydrogen-bond acceptors (Lipinski definition) is 5. The lowest BCUT2D eigenvalue weighted by molar-refractivity contribution is -0.144. The average Bonchev–Trinajstić information content (AvgIpc) is 3.15. The Morgan fingerprint density at radius 2 is 2.10 bits per heavy atom. The van der Waals surface area contributed by atoms with E-state index < -0.39 is 5.41 Å². The highest BCUT2D eigenvalue weighted by Crippen LogP contribution is 2.48. The lowest BCUT2D eigenvalue weighted by Gasteiger charge is -2.05. The van der Waals surface area contributed by atoms with Crippen molar-refractivity contribution in [3.8, 4) is 0 Å². The van der Waals surface area contributed by atoms with Crippen molar-refractivity contribution in [1.82, 2.24) is 10.1 Å². The van der Waals surface area contributed by atoms with Crippen molar-refractivity contribution >= 4 is 17.6 Å². The van der Waals surface area contributed by atoms with E-state index in [4.69, 9.17) is 20.9 Å². The summed E-state index contributed by atoms with van der Waals surface area (Å²) in [5.41, 5.74) is 0.324. The summed E-state index contributed by atoms with van der Waals surface area (Å²) in [5, 5.41) is 4.62. The van der Waals surface area contributed by atoms with Crippen LogP contribution in [0.4, 0.5) is 0 Å². The second-order valence-electron chi connectivity index (χ2n) is 4.89. The zero-order valence-corrected chi connectivity index (χ0v) is 11.7. The first-order valence-electron chi connectivity index (χ1n) is 6.30. The third-order valence-electron chi connectivity index (χ3n) is 3.48. The number of aromatic nitrogens is 2. The summed E-state index contributed by atoms with van der Waals surface area (Å²) in [6, 6.07) is 7.45.